The van der Waals surface area contributed by atoms with Crippen LogP contribution in [0.2, 0.25) is 0 Å². The third kappa shape index (κ3) is 6.60. The van der Waals surface area contributed by atoms with Gasteiger partial charge in [-0.05, 0) is 31.4 Å². The molecule has 1 aliphatic heterocycles. The standard InChI is InChI=1S/C18H30N2O/c1-2-3-13-21-14-7-11-19-18-10-12-20(16-18)15-17-8-5-4-6-9-17/h4-6,8-9,18-19H,2-3,7,10-16H2,1H3. The predicted octanol–water partition coefficient (Wildman–Crippen LogP) is 3.06. The molecule has 1 heterocycles. The van der Waals surface area contributed by atoms with Gasteiger partial charge in [0, 0.05) is 38.9 Å². The Morgan fingerprint density at radius 2 is 2.00 bits per heavy atom. The van der Waals surface area contributed by atoms with E-state index in [9.17, 15) is 0 Å². The lowest BCUT2D eigenvalue weighted by molar-refractivity contribution is 0.128. The van der Waals surface area contributed by atoms with E-state index in [1.807, 2.05) is 0 Å². The van der Waals surface area contributed by atoms with Crippen LogP contribution < -0.4 is 5.32 Å². The molecule has 0 aromatic heterocycles. The summed E-state index contributed by atoms with van der Waals surface area (Å²) in [6.07, 6.45) is 4.80. The van der Waals surface area contributed by atoms with Gasteiger partial charge in [-0.3, -0.25) is 4.90 Å². The number of hydrogen-bond acceptors (Lipinski definition) is 3. The molecule has 118 valence electrons. The molecule has 1 aromatic rings. The molecule has 21 heavy (non-hydrogen) atoms. The lowest BCUT2D eigenvalue weighted by atomic mass is 10.2. The molecule has 1 aromatic carbocycles. The van der Waals surface area contributed by atoms with Crippen LogP contribution in [0.25, 0.3) is 0 Å². The lowest BCUT2D eigenvalue weighted by Crippen LogP contribution is -2.33. The molecule has 1 aliphatic rings. The van der Waals surface area contributed by atoms with Gasteiger partial charge >= 0.3 is 0 Å². The smallest absolute Gasteiger partial charge is 0.0478 e. The minimum absolute atomic E-state index is 0.657. The monoisotopic (exact) mass is 290 g/mol. The first kappa shape index (κ1) is 16.5. The van der Waals surface area contributed by atoms with Crippen molar-refractivity contribution in [2.24, 2.45) is 0 Å². The van der Waals surface area contributed by atoms with Crippen molar-refractivity contribution < 1.29 is 4.74 Å². The molecule has 0 saturated carbocycles. The molecule has 0 aliphatic carbocycles. The van der Waals surface area contributed by atoms with E-state index in [1.165, 1.54) is 37.9 Å². The maximum Gasteiger partial charge on any atom is 0.0478 e. The number of ether oxygens (including phenoxy) is 1. The molecule has 0 amide bonds. The molecule has 3 nitrogen and oxygen atoms in total. The van der Waals surface area contributed by atoms with Crippen LogP contribution in [0, 0.1) is 0 Å². The molecule has 1 N–H and O–H groups in total. The zero-order valence-corrected chi connectivity index (χ0v) is 13.4. The number of rotatable bonds is 10. The summed E-state index contributed by atoms with van der Waals surface area (Å²) < 4.78 is 5.59. The van der Waals surface area contributed by atoms with Gasteiger partial charge in [0.25, 0.3) is 0 Å². The van der Waals surface area contributed by atoms with Crippen molar-refractivity contribution in [1.29, 1.82) is 0 Å². The minimum atomic E-state index is 0.657. The molecule has 3 heteroatoms. The minimum Gasteiger partial charge on any atom is -0.381 e. The fourth-order valence-corrected chi connectivity index (χ4v) is 2.81. The van der Waals surface area contributed by atoms with Gasteiger partial charge < -0.3 is 10.1 Å². The summed E-state index contributed by atoms with van der Waals surface area (Å²) in [7, 11) is 0. The number of nitrogens with one attached hydrogen (secondary N) is 1. The second kappa shape index (κ2) is 9.93. The Hall–Kier alpha value is -0.900. The zero-order chi connectivity index (χ0) is 14.8. The summed E-state index contributed by atoms with van der Waals surface area (Å²) in [6, 6.07) is 11.4. The summed E-state index contributed by atoms with van der Waals surface area (Å²) in [5, 5.41) is 3.67. The maximum absolute atomic E-state index is 5.59. The zero-order valence-electron chi connectivity index (χ0n) is 13.4. The third-order valence-corrected chi connectivity index (χ3v) is 4.06. The van der Waals surface area contributed by atoms with Gasteiger partial charge in [-0.15, -0.1) is 0 Å². The summed E-state index contributed by atoms with van der Waals surface area (Å²) in [5.41, 5.74) is 1.42. The third-order valence-electron chi connectivity index (χ3n) is 4.06. The summed E-state index contributed by atoms with van der Waals surface area (Å²) in [6.45, 7) is 8.56. The molecule has 0 radical (unpaired) electrons. The first-order valence-corrected chi connectivity index (χ1v) is 8.46. The summed E-state index contributed by atoms with van der Waals surface area (Å²) >= 11 is 0. The fourth-order valence-electron chi connectivity index (χ4n) is 2.81. The Kier molecular flexibility index (Phi) is 7.79. The number of likely N-dealkylation sites (tertiary alicyclic amines) is 1. The van der Waals surface area contributed by atoms with Crippen molar-refractivity contribution >= 4 is 0 Å². The molecule has 0 spiro atoms. The summed E-state index contributed by atoms with van der Waals surface area (Å²) in [4.78, 5) is 2.55. The summed E-state index contributed by atoms with van der Waals surface area (Å²) in [5.74, 6) is 0. The Labute approximate surface area is 129 Å². The van der Waals surface area contributed by atoms with Crippen LogP contribution in [0.3, 0.4) is 0 Å². The van der Waals surface area contributed by atoms with Gasteiger partial charge in [0.1, 0.15) is 0 Å². The van der Waals surface area contributed by atoms with E-state index in [0.29, 0.717) is 6.04 Å². The predicted molar refractivity (Wildman–Crippen MR) is 88.5 cm³/mol. The van der Waals surface area contributed by atoms with Gasteiger partial charge in [0.15, 0.2) is 0 Å². The van der Waals surface area contributed by atoms with E-state index in [2.05, 4.69) is 47.5 Å². The Morgan fingerprint density at radius 1 is 1.19 bits per heavy atom. The van der Waals surface area contributed by atoms with E-state index in [-0.39, 0.29) is 0 Å². The van der Waals surface area contributed by atoms with Gasteiger partial charge in [0.2, 0.25) is 0 Å². The SMILES string of the molecule is CCCCOCCCNC1CCN(Cc2ccccc2)C1. The van der Waals surface area contributed by atoms with Crippen molar-refractivity contribution in [3.63, 3.8) is 0 Å². The van der Waals surface area contributed by atoms with Gasteiger partial charge in [0.05, 0.1) is 0 Å². The molecule has 2 rings (SSSR count). The van der Waals surface area contributed by atoms with Crippen molar-refractivity contribution in [3.8, 4) is 0 Å². The van der Waals surface area contributed by atoms with E-state index >= 15 is 0 Å². The second-order valence-corrected chi connectivity index (χ2v) is 5.98. The van der Waals surface area contributed by atoms with Gasteiger partial charge in [-0.2, -0.15) is 0 Å². The van der Waals surface area contributed by atoms with E-state index in [0.717, 1.165) is 32.7 Å². The fraction of sp³-hybridized carbons (Fsp3) is 0.667. The Balaban J connectivity index is 1.52. The van der Waals surface area contributed by atoms with Crippen molar-refractivity contribution in [1.82, 2.24) is 10.2 Å². The van der Waals surface area contributed by atoms with Crippen LogP contribution in [-0.4, -0.2) is 43.8 Å². The van der Waals surface area contributed by atoms with Crippen LogP contribution in [0.5, 0.6) is 0 Å². The molecular weight excluding hydrogens is 260 g/mol. The van der Waals surface area contributed by atoms with Crippen LogP contribution in [0.15, 0.2) is 30.3 Å². The van der Waals surface area contributed by atoms with Gasteiger partial charge in [-0.25, -0.2) is 0 Å². The van der Waals surface area contributed by atoms with Crippen LogP contribution in [0.4, 0.5) is 0 Å². The molecular formula is C18H30N2O. The molecule has 1 fully saturated rings. The van der Waals surface area contributed by atoms with E-state index in [1.54, 1.807) is 0 Å². The lowest BCUT2D eigenvalue weighted by Gasteiger charge is -2.16. The average molecular weight is 290 g/mol. The Morgan fingerprint density at radius 3 is 2.81 bits per heavy atom. The average Bonchev–Trinajstić information content (AvgIpc) is 2.95. The maximum atomic E-state index is 5.59. The van der Waals surface area contributed by atoms with Crippen LogP contribution in [0.1, 0.15) is 38.2 Å². The topological polar surface area (TPSA) is 24.5 Å². The second-order valence-electron chi connectivity index (χ2n) is 5.98. The highest BCUT2D eigenvalue weighted by Crippen LogP contribution is 2.13. The number of benzene rings is 1. The quantitative estimate of drug-likeness (QED) is 0.670. The van der Waals surface area contributed by atoms with Crippen molar-refractivity contribution in [2.75, 3.05) is 32.8 Å². The highest BCUT2D eigenvalue weighted by molar-refractivity contribution is 5.14. The normalized spacial score (nSPS) is 19.2. The van der Waals surface area contributed by atoms with Crippen LogP contribution >= 0.6 is 0 Å². The number of unbranched alkanes of at least 4 members (excludes halogenated alkanes) is 1. The number of hydrogen-bond donors (Lipinski definition) is 1. The van der Waals surface area contributed by atoms with Gasteiger partial charge in [-0.1, -0.05) is 43.7 Å². The first-order valence-electron chi connectivity index (χ1n) is 8.46. The number of nitrogens with zero attached hydrogens (tertiary/aromatic N) is 1. The van der Waals surface area contributed by atoms with Crippen molar-refractivity contribution in [2.45, 2.75) is 45.2 Å². The highest BCUT2D eigenvalue weighted by Gasteiger charge is 2.21. The van der Waals surface area contributed by atoms with Crippen molar-refractivity contribution in [3.05, 3.63) is 35.9 Å². The molecule has 1 atom stereocenters. The highest BCUT2D eigenvalue weighted by atomic mass is 16.5. The molecule has 1 saturated heterocycles. The molecule has 1 unspecified atom stereocenters. The van der Waals surface area contributed by atoms with Crippen LogP contribution in [-0.2, 0) is 11.3 Å². The Bertz CT molecular complexity index is 369. The van der Waals surface area contributed by atoms with E-state index in [4.69, 9.17) is 4.74 Å². The largest absolute Gasteiger partial charge is 0.381 e. The first-order chi connectivity index (χ1) is 10.4. The molecule has 0 bridgehead atoms. The van der Waals surface area contributed by atoms with E-state index < -0.39 is 0 Å².